The average molecular weight is 584 g/mol. The highest BCUT2D eigenvalue weighted by molar-refractivity contribution is 6.29. The second-order valence-electron chi connectivity index (χ2n) is 12.5. The van der Waals surface area contributed by atoms with E-state index in [9.17, 15) is 9.59 Å². The molecule has 0 spiro atoms. The molecule has 2 aliphatic rings. The normalized spacial score (nSPS) is 19.6. The van der Waals surface area contributed by atoms with Crippen LogP contribution in [0.25, 0.3) is 0 Å². The van der Waals surface area contributed by atoms with Gasteiger partial charge >= 0.3 is 6.03 Å². The third kappa shape index (κ3) is 7.59. The SMILES string of the molecule is COCC(C)(C)CN1C[C@@H](c2ccccc2)N(C2CCN(C(C)CCNC(=O)c3c(C)cc(Cl)nc3C)CC2)C1=O. The van der Waals surface area contributed by atoms with Gasteiger partial charge in [0, 0.05) is 57.3 Å². The van der Waals surface area contributed by atoms with Crippen molar-refractivity contribution in [2.75, 3.05) is 46.4 Å². The fraction of sp³-hybridized carbons (Fsp3) is 0.594. The Labute approximate surface area is 250 Å². The summed E-state index contributed by atoms with van der Waals surface area (Å²) < 4.78 is 5.43. The Hall–Kier alpha value is -2.68. The number of nitrogens with zero attached hydrogens (tertiary/aromatic N) is 4. The van der Waals surface area contributed by atoms with Crippen LogP contribution in [-0.2, 0) is 4.74 Å². The highest BCUT2D eigenvalue weighted by atomic mass is 35.5. The van der Waals surface area contributed by atoms with Crippen molar-refractivity contribution in [1.29, 1.82) is 0 Å². The molecule has 3 heterocycles. The number of rotatable bonds is 11. The van der Waals surface area contributed by atoms with Gasteiger partial charge < -0.3 is 24.8 Å². The van der Waals surface area contributed by atoms with E-state index in [0.717, 1.165) is 37.9 Å². The minimum Gasteiger partial charge on any atom is -0.384 e. The number of hydrogen-bond donors (Lipinski definition) is 1. The number of carbonyl (C=O) groups excluding carboxylic acids is 2. The first-order valence-corrected chi connectivity index (χ1v) is 15.2. The molecular weight excluding hydrogens is 538 g/mol. The molecule has 1 unspecified atom stereocenters. The van der Waals surface area contributed by atoms with Gasteiger partial charge in [0.25, 0.3) is 5.91 Å². The largest absolute Gasteiger partial charge is 0.384 e. The van der Waals surface area contributed by atoms with E-state index in [1.165, 1.54) is 5.56 Å². The van der Waals surface area contributed by atoms with Gasteiger partial charge in [-0.05, 0) is 57.2 Å². The molecule has 1 N–H and O–H groups in total. The van der Waals surface area contributed by atoms with Gasteiger partial charge in [0.15, 0.2) is 0 Å². The Morgan fingerprint density at radius 2 is 1.88 bits per heavy atom. The van der Waals surface area contributed by atoms with E-state index >= 15 is 0 Å². The molecule has 0 bridgehead atoms. The van der Waals surface area contributed by atoms with Gasteiger partial charge in [-0.2, -0.15) is 0 Å². The number of benzene rings is 1. The van der Waals surface area contributed by atoms with Crippen molar-refractivity contribution in [1.82, 2.24) is 25.0 Å². The van der Waals surface area contributed by atoms with Crippen molar-refractivity contribution >= 4 is 23.5 Å². The van der Waals surface area contributed by atoms with Crippen LogP contribution in [0.1, 0.15) is 73.3 Å². The standard InChI is InChI=1S/C32H46ClN5O3/c1-22-18-28(33)35-24(3)29(22)30(39)34-15-12-23(2)36-16-13-26(14-17-36)38-27(25-10-8-7-9-11-25)19-37(31(38)40)20-32(4,5)21-41-6/h7-11,18,23,26-27H,12-17,19-21H2,1-6H3,(H,34,39)/t23?,27-/m0/s1. The fourth-order valence-electron chi connectivity index (χ4n) is 6.51. The van der Waals surface area contributed by atoms with Crippen LogP contribution >= 0.6 is 11.6 Å². The molecule has 2 atom stereocenters. The number of hydrogen-bond acceptors (Lipinski definition) is 5. The van der Waals surface area contributed by atoms with Crippen molar-refractivity contribution < 1.29 is 14.3 Å². The number of halogens is 1. The molecule has 2 saturated heterocycles. The molecule has 224 valence electrons. The molecule has 1 aromatic heterocycles. The summed E-state index contributed by atoms with van der Waals surface area (Å²) in [6, 6.07) is 12.9. The second kappa shape index (κ2) is 13.5. The van der Waals surface area contributed by atoms with Crippen molar-refractivity contribution in [2.24, 2.45) is 5.41 Å². The van der Waals surface area contributed by atoms with Crippen molar-refractivity contribution in [3.8, 4) is 0 Å². The minimum atomic E-state index is -0.114. The maximum atomic E-state index is 13.8. The lowest BCUT2D eigenvalue weighted by Crippen LogP contribution is -2.50. The van der Waals surface area contributed by atoms with Crippen LogP contribution in [0, 0.1) is 19.3 Å². The first kappa shape index (κ1) is 31.3. The number of carbonyl (C=O) groups is 2. The number of pyridine rings is 1. The number of piperidine rings is 1. The van der Waals surface area contributed by atoms with Crippen LogP contribution in [-0.4, -0.2) is 90.1 Å². The highest BCUT2D eigenvalue weighted by Gasteiger charge is 2.44. The molecule has 0 aliphatic carbocycles. The maximum Gasteiger partial charge on any atom is 0.320 e. The molecule has 1 aromatic carbocycles. The molecule has 0 radical (unpaired) electrons. The number of methoxy groups -OCH3 is 1. The second-order valence-corrected chi connectivity index (χ2v) is 12.9. The first-order valence-electron chi connectivity index (χ1n) is 14.8. The van der Waals surface area contributed by atoms with Crippen LogP contribution in [0.4, 0.5) is 4.79 Å². The highest BCUT2D eigenvalue weighted by Crippen LogP contribution is 2.36. The smallest absolute Gasteiger partial charge is 0.320 e. The quantitative estimate of drug-likeness (QED) is 0.355. The predicted molar refractivity (Wildman–Crippen MR) is 163 cm³/mol. The molecule has 9 heteroatoms. The van der Waals surface area contributed by atoms with Crippen LogP contribution in [0.3, 0.4) is 0 Å². The van der Waals surface area contributed by atoms with E-state index in [1.54, 1.807) is 13.2 Å². The molecule has 2 aromatic rings. The zero-order chi connectivity index (χ0) is 29.7. The number of aryl methyl sites for hydroxylation is 2. The molecule has 2 fully saturated rings. The summed E-state index contributed by atoms with van der Waals surface area (Å²) >= 11 is 6.02. The van der Waals surface area contributed by atoms with Crippen LogP contribution in [0.5, 0.6) is 0 Å². The zero-order valence-corrected chi connectivity index (χ0v) is 26.2. The monoisotopic (exact) mass is 583 g/mol. The van der Waals surface area contributed by atoms with Gasteiger partial charge in [0.05, 0.1) is 23.9 Å². The Morgan fingerprint density at radius 1 is 1.20 bits per heavy atom. The number of amides is 3. The van der Waals surface area contributed by atoms with E-state index in [0.29, 0.717) is 48.7 Å². The fourth-order valence-corrected chi connectivity index (χ4v) is 6.80. The maximum absolute atomic E-state index is 13.8. The molecule has 8 nitrogen and oxygen atoms in total. The third-order valence-corrected chi connectivity index (χ3v) is 8.71. The molecule has 0 saturated carbocycles. The number of nitrogens with one attached hydrogen (secondary N) is 1. The first-order chi connectivity index (χ1) is 19.5. The van der Waals surface area contributed by atoms with Crippen LogP contribution in [0.2, 0.25) is 5.15 Å². The molecular formula is C32H46ClN5O3. The topological polar surface area (TPSA) is 78.0 Å². The summed E-state index contributed by atoms with van der Waals surface area (Å²) in [7, 11) is 1.72. The van der Waals surface area contributed by atoms with E-state index in [-0.39, 0.29) is 29.4 Å². The zero-order valence-electron chi connectivity index (χ0n) is 25.5. The lowest BCUT2D eigenvalue weighted by molar-refractivity contribution is 0.0770. The van der Waals surface area contributed by atoms with E-state index in [2.05, 4.69) is 65.1 Å². The summed E-state index contributed by atoms with van der Waals surface area (Å²) in [4.78, 5) is 37.5. The lowest BCUT2D eigenvalue weighted by Gasteiger charge is -2.41. The summed E-state index contributed by atoms with van der Waals surface area (Å²) in [5.74, 6) is -0.104. The van der Waals surface area contributed by atoms with Crippen molar-refractivity contribution in [3.05, 3.63) is 63.9 Å². The number of ether oxygens (including phenoxy) is 1. The number of urea groups is 1. The average Bonchev–Trinajstić information content (AvgIpc) is 3.23. The minimum absolute atomic E-state index is 0.0560. The van der Waals surface area contributed by atoms with Gasteiger partial charge in [0.2, 0.25) is 0 Å². The van der Waals surface area contributed by atoms with Gasteiger partial charge in [-0.15, -0.1) is 0 Å². The van der Waals surface area contributed by atoms with Crippen LogP contribution < -0.4 is 5.32 Å². The third-order valence-electron chi connectivity index (χ3n) is 8.52. The number of likely N-dealkylation sites (tertiary alicyclic amines) is 1. The van der Waals surface area contributed by atoms with Gasteiger partial charge in [-0.1, -0.05) is 55.8 Å². The van der Waals surface area contributed by atoms with Crippen molar-refractivity contribution in [3.63, 3.8) is 0 Å². The summed E-state index contributed by atoms with van der Waals surface area (Å²) in [6.07, 6.45) is 2.74. The Morgan fingerprint density at radius 3 is 2.51 bits per heavy atom. The van der Waals surface area contributed by atoms with Gasteiger partial charge in [0.1, 0.15) is 5.15 Å². The Kier molecular flexibility index (Phi) is 10.3. The van der Waals surface area contributed by atoms with Crippen molar-refractivity contribution in [2.45, 2.75) is 72.0 Å². The summed E-state index contributed by atoms with van der Waals surface area (Å²) in [6.45, 7) is 14.7. The van der Waals surface area contributed by atoms with Gasteiger partial charge in [-0.3, -0.25) is 4.79 Å². The van der Waals surface area contributed by atoms with E-state index < -0.39 is 0 Å². The summed E-state index contributed by atoms with van der Waals surface area (Å²) in [5, 5.41) is 3.47. The molecule has 3 amide bonds. The summed E-state index contributed by atoms with van der Waals surface area (Å²) in [5.41, 5.74) is 3.17. The Balaban J connectivity index is 1.34. The Bertz CT molecular complexity index is 1180. The molecule has 4 rings (SSSR count). The van der Waals surface area contributed by atoms with E-state index in [1.807, 2.05) is 24.8 Å². The number of aromatic nitrogens is 1. The predicted octanol–water partition coefficient (Wildman–Crippen LogP) is 5.48. The van der Waals surface area contributed by atoms with E-state index in [4.69, 9.17) is 16.3 Å². The van der Waals surface area contributed by atoms with Crippen LogP contribution in [0.15, 0.2) is 36.4 Å². The lowest BCUT2D eigenvalue weighted by atomic mass is 9.94. The molecule has 2 aliphatic heterocycles. The van der Waals surface area contributed by atoms with Gasteiger partial charge in [-0.25, -0.2) is 9.78 Å². The molecule has 41 heavy (non-hydrogen) atoms.